The predicted molar refractivity (Wildman–Crippen MR) is 75.3 cm³/mol. The summed E-state index contributed by atoms with van der Waals surface area (Å²) in [4.78, 5) is 12.0. The molecule has 0 radical (unpaired) electrons. The lowest BCUT2D eigenvalue weighted by Gasteiger charge is -2.16. The van der Waals surface area contributed by atoms with Crippen molar-refractivity contribution in [3.05, 3.63) is 29.3 Å². The SMILES string of the molecule is CCC1(CNC(=O)c2ccc(NC)c(C(F)(F)F)c2)CC1. The first kappa shape index (κ1) is 15.7. The zero-order valence-electron chi connectivity index (χ0n) is 12.1. The molecule has 0 spiro atoms. The third kappa shape index (κ3) is 3.49. The average molecular weight is 300 g/mol. The maximum Gasteiger partial charge on any atom is 0.418 e. The van der Waals surface area contributed by atoms with Crippen molar-refractivity contribution >= 4 is 11.6 Å². The molecule has 116 valence electrons. The molecule has 2 rings (SSSR count). The van der Waals surface area contributed by atoms with Crippen LogP contribution in [0, 0.1) is 5.41 Å². The lowest BCUT2D eigenvalue weighted by atomic mass is 10.0. The molecule has 1 fully saturated rings. The first-order valence-electron chi connectivity index (χ1n) is 6.98. The molecular formula is C15H19F3N2O. The van der Waals surface area contributed by atoms with E-state index in [4.69, 9.17) is 0 Å². The van der Waals surface area contributed by atoms with E-state index in [1.54, 1.807) is 0 Å². The van der Waals surface area contributed by atoms with Crippen LogP contribution >= 0.6 is 0 Å². The highest BCUT2D eigenvalue weighted by atomic mass is 19.4. The van der Waals surface area contributed by atoms with Gasteiger partial charge in [0.15, 0.2) is 0 Å². The summed E-state index contributed by atoms with van der Waals surface area (Å²) in [7, 11) is 1.42. The van der Waals surface area contributed by atoms with Gasteiger partial charge in [-0.1, -0.05) is 6.92 Å². The largest absolute Gasteiger partial charge is 0.418 e. The number of amides is 1. The van der Waals surface area contributed by atoms with E-state index in [-0.39, 0.29) is 16.7 Å². The molecule has 1 aliphatic carbocycles. The second-order valence-electron chi connectivity index (χ2n) is 5.54. The van der Waals surface area contributed by atoms with Crippen LogP contribution in [0.3, 0.4) is 0 Å². The quantitative estimate of drug-likeness (QED) is 0.871. The number of carbonyl (C=O) groups excluding carboxylic acids is 1. The summed E-state index contributed by atoms with van der Waals surface area (Å²) in [6.45, 7) is 2.58. The summed E-state index contributed by atoms with van der Waals surface area (Å²) in [5.74, 6) is -0.456. The fourth-order valence-corrected chi connectivity index (χ4v) is 2.34. The minimum atomic E-state index is -4.49. The van der Waals surface area contributed by atoms with Crippen molar-refractivity contribution in [1.82, 2.24) is 5.32 Å². The Morgan fingerprint density at radius 1 is 1.33 bits per heavy atom. The Balaban J connectivity index is 2.14. The van der Waals surface area contributed by atoms with E-state index in [9.17, 15) is 18.0 Å². The minimum Gasteiger partial charge on any atom is -0.388 e. The van der Waals surface area contributed by atoms with Crippen molar-refractivity contribution in [3.63, 3.8) is 0 Å². The maximum absolute atomic E-state index is 12.9. The lowest BCUT2D eigenvalue weighted by Crippen LogP contribution is -2.30. The van der Waals surface area contributed by atoms with Gasteiger partial charge in [-0.2, -0.15) is 13.2 Å². The van der Waals surface area contributed by atoms with E-state index in [1.165, 1.54) is 19.2 Å². The van der Waals surface area contributed by atoms with Gasteiger partial charge in [-0.25, -0.2) is 0 Å². The zero-order valence-corrected chi connectivity index (χ0v) is 12.1. The average Bonchev–Trinajstić information content (AvgIpc) is 3.24. The first-order chi connectivity index (χ1) is 9.81. The van der Waals surface area contributed by atoms with Crippen LogP contribution < -0.4 is 10.6 Å². The summed E-state index contributed by atoms with van der Waals surface area (Å²) in [5.41, 5.74) is -0.665. The highest BCUT2D eigenvalue weighted by Gasteiger charge is 2.40. The summed E-state index contributed by atoms with van der Waals surface area (Å²) in [6, 6.07) is 3.58. The zero-order chi connectivity index (χ0) is 15.7. The molecule has 0 saturated heterocycles. The number of halogens is 3. The molecule has 21 heavy (non-hydrogen) atoms. The number of anilines is 1. The normalized spacial score (nSPS) is 16.4. The van der Waals surface area contributed by atoms with Gasteiger partial charge >= 0.3 is 6.18 Å². The standard InChI is InChI=1S/C15H19F3N2O/c1-3-14(6-7-14)9-20-13(21)10-4-5-12(19-2)11(8-10)15(16,17)18/h4-5,8,19H,3,6-7,9H2,1-2H3,(H,20,21). The van der Waals surface area contributed by atoms with Crippen molar-refractivity contribution in [3.8, 4) is 0 Å². The smallest absolute Gasteiger partial charge is 0.388 e. The Kier molecular flexibility index (Phi) is 4.16. The second kappa shape index (κ2) is 5.58. The Hall–Kier alpha value is -1.72. The number of hydrogen-bond acceptors (Lipinski definition) is 2. The van der Waals surface area contributed by atoms with Crippen molar-refractivity contribution in [2.24, 2.45) is 5.41 Å². The highest BCUT2D eigenvalue weighted by Crippen LogP contribution is 2.47. The molecule has 1 aliphatic rings. The van der Waals surface area contributed by atoms with Crippen LogP contribution in [0.25, 0.3) is 0 Å². The van der Waals surface area contributed by atoms with Gasteiger partial charge in [-0.3, -0.25) is 4.79 Å². The molecule has 1 aromatic carbocycles. The molecule has 2 N–H and O–H groups in total. The fourth-order valence-electron chi connectivity index (χ4n) is 2.34. The van der Waals surface area contributed by atoms with Gasteiger partial charge in [0.2, 0.25) is 0 Å². The van der Waals surface area contributed by atoms with E-state index >= 15 is 0 Å². The topological polar surface area (TPSA) is 41.1 Å². The number of alkyl halides is 3. The Morgan fingerprint density at radius 2 is 2.00 bits per heavy atom. The monoisotopic (exact) mass is 300 g/mol. The van der Waals surface area contributed by atoms with E-state index in [1.807, 2.05) is 0 Å². The maximum atomic E-state index is 12.9. The van der Waals surface area contributed by atoms with Crippen molar-refractivity contribution in [1.29, 1.82) is 0 Å². The van der Waals surface area contributed by atoms with Gasteiger partial charge in [0.25, 0.3) is 5.91 Å². The van der Waals surface area contributed by atoms with Crippen molar-refractivity contribution < 1.29 is 18.0 Å². The third-order valence-electron chi connectivity index (χ3n) is 4.19. The molecule has 3 nitrogen and oxygen atoms in total. The number of rotatable bonds is 5. The van der Waals surface area contributed by atoms with Gasteiger partial charge in [0.05, 0.1) is 5.56 Å². The van der Waals surface area contributed by atoms with Crippen LogP contribution in [-0.2, 0) is 6.18 Å². The van der Waals surface area contributed by atoms with E-state index in [0.29, 0.717) is 6.54 Å². The van der Waals surface area contributed by atoms with Crippen LogP contribution in [-0.4, -0.2) is 19.5 Å². The van der Waals surface area contributed by atoms with Gasteiger partial charge in [0, 0.05) is 24.8 Å². The van der Waals surface area contributed by atoms with Gasteiger partial charge in [-0.15, -0.1) is 0 Å². The van der Waals surface area contributed by atoms with Crippen LogP contribution in [0.2, 0.25) is 0 Å². The fraction of sp³-hybridized carbons (Fsp3) is 0.533. The molecule has 0 aliphatic heterocycles. The Bertz CT molecular complexity index is 536. The molecule has 0 heterocycles. The van der Waals surface area contributed by atoms with E-state index in [2.05, 4.69) is 17.6 Å². The molecule has 1 amide bonds. The lowest BCUT2D eigenvalue weighted by molar-refractivity contribution is -0.136. The summed E-state index contributed by atoms with van der Waals surface area (Å²) < 4.78 is 38.8. The summed E-state index contributed by atoms with van der Waals surface area (Å²) >= 11 is 0. The van der Waals surface area contributed by atoms with Crippen molar-refractivity contribution in [2.75, 3.05) is 18.9 Å². The molecule has 0 unspecified atom stereocenters. The number of nitrogens with one attached hydrogen (secondary N) is 2. The summed E-state index contributed by atoms with van der Waals surface area (Å²) in [5, 5.41) is 5.23. The van der Waals surface area contributed by atoms with Crippen molar-refractivity contribution in [2.45, 2.75) is 32.4 Å². The number of carbonyl (C=O) groups is 1. The molecule has 0 bridgehead atoms. The second-order valence-corrected chi connectivity index (χ2v) is 5.54. The van der Waals surface area contributed by atoms with E-state index in [0.717, 1.165) is 25.3 Å². The molecular weight excluding hydrogens is 281 g/mol. The predicted octanol–water partition coefficient (Wildman–Crippen LogP) is 3.67. The van der Waals surface area contributed by atoms with Gasteiger partial charge < -0.3 is 10.6 Å². The third-order valence-corrected chi connectivity index (χ3v) is 4.19. The van der Waals surface area contributed by atoms with Crippen LogP contribution in [0.1, 0.15) is 42.1 Å². The van der Waals surface area contributed by atoms with E-state index < -0.39 is 17.6 Å². The summed E-state index contributed by atoms with van der Waals surface area (Å²) in [6.07, 6.45) is -1.39. The van der Waals surface area contributed by atoms with Crippen LogP contribution in [0.5, 0.6) is 0 Å². The molecule has 0 atom stereocenters. The molecule has 1 saturated carbocycles. The minimum absolute atomic E-state index is 0.0354. The van der Waals surface area contributed by atoms with Crippen LogP contribution in [0.4, 0.5) is 18.9 Å². The molecule has 1 aromatic rings. The van der Waals surface area contributed by atoms with Gasteiger partial charge in [-0.05, 0) is 42.9 Å². The van der Waals surface area contributed by atoms with Gasteiger partial charge in [0.1, 0.15) is 0 Å². The Labute approximate surface area is 121 Å². The molecule has 0 aromatic heterocycles. The number of benzene rings is 1. The Morgan fingerprint density at radius 3 is 2.48 bits per heavy atom. The van der Waals surface area contributed by atoms with Crippen LogP contribution in [0.15, 0.2) is 18.2 Å². The molecule has 6 heteroatoms. The number of hydrogen-bond donors (Lipinski definition) is 2. The highest BCUT2D eigenvalue weighted by molar-refractivity contribution is 5.95. The first-order valence-corrected chi connectivity index (χ1v) is 6.98.